The molecule has 0 bridgehead atoms. The number of rotatable bonds is 2. The fourth-order valence-corrected chi connectivity index (χ4v) is 0.337. The number of amides is 1. The summed E-state index contributed by atoms with van der Waals surface area (Å²) in [5.41, 5.74) is 5.48. The van der Waals surface area contributed by atoms with Crippen LogP contribution in [0.2, 0.25) is 0 Å². The highest BCUT2D eigenvalue weighted by molar-refractivity contribution is 5.92. The van der Waals surface area contributed by atoms with Crippen molar-refractivity contribution in [2.24, 2.45) is 5.73 Å². The Bertz CT molecular complexity index is 107. The minimum atomic E-state index is -0.0625. The van der Waals surface area contributed by atoms with E-state index in [-0.39, 0.29) is 5.91 Å². The first kappa shape index (κ1) is 12.8. The highest BCUT2D eigenvalue weighted by Gasteiger charge is 1.97. The highest BCUT2D eigenvalue weighted by Crippen LogP contribution is 1.93. The van der Waals surface area contributed by atoms with E-state index in [4.69, 9.17) is 5.73 Å². The Morgan fingerprint density at radius 2 is 1.91 bits per heavy atom. The second kappa shape index (κ2) is 9.17. The van der Waals surface area contributed by atoms with Crippen LogP contribution in [-0.4, -0.2) is 19.5 Å². The second-order valence-corrected chi connectivity index (χ2v) is 1.94. The topological polar surface area (TPSA) is 55.1 Å². The molecular weight excluding hydrogens is 140 g/mol. The molecule has 0 atom stereocenters. The van der Waals surface area contributed by atoms with Crippen molar-refractivity contribution in [3.05, 3.63) is 12.2 Å². The first-order valence-corrected chi connectivity index (χ1v) is 3.73. The number of hydrogen-bond donors (Lipinski definition) is 2. The predicted molar refractivity (Wildman–Crippen MR) is 48.2 cm³/mol. The van der Waals surface area contributed by atoms with Gasteiger partial charge in [-0.15, -0.1) is 0 Å². The number of carbonyl (C=O) groups excluding carboxylic acids is 1. The Balaban J connectivity index is 0. The van der Waals surface area contributed by atoms with E-state index in [1.165, 1.54) is 0 Å². The van der Waals surface area contributed by atoms with Gasteiger partial charge in [0, 0.05) is 12.6 Å². The third-order valence-corrected chi connectivity index (χ3v) is 0.975. The molecule has 3 N–H and O–H groups in total. The lowest BCUT2D eigenvalue weighted by atomic mass is 10.2. The summed E-state index contributed by atoms with van der Waals surface area (Å²) in [5, 5.41) is 2.48. The first-order valence-electron chi connectivity index (χ1n) is 3.73. The molecule has 11 heavy (non-hydrogen) atoms. The van der Waals surface area contributed by atoms with Gasteiger partial charge in [-0.05, 0) is 13.0 Å². The van der Waals surface area contributed by atoms with Crippen LogP contribution in [0, 0.1) is 0 Å². The number of nitrogens with two attached hydrogens (primary N) is 1. The highest BCUT2D eigenvalue weighted by atomic mass is 16.1. The molecule has 0 rings (SSSR count). The van der Waals surface area contributed by atoms with Crippen LogP contribution >= 0.6 is 0 Å². The van der Waals surface area contributed by atoms with Gasteiger partial charge in [-0.1, -0.05) is 20.4 Å². The summed E-state index contributed by atoms with van der Waals surface area (Å²) in [4.78, 5) is 10.5. The predicted octanol–water partition coefficient (Wildman–Crippen LogP) is 0.664. The molecule has 0 saturated carbocycles. The summed E-state index contributed by atoms with van der Waals surface area (Å²) < 4.78 is 0. The Morgan fingerprint density at radius 3 is 2.00 bits per heavy atom. The lowest BCUT2D eigenvalue weighted by molar-refractivity contribution is -0.117. The summed E-state index contributed by atoms with van der Waals surface area (Å²) in [7, 11) is 1.60. The van der Waals surface area contributed by atoms with Gasteiger partial charge in [-0.25, -0.2) is 0 Å². The van der Waals surface area contributed by atoms with Gasteiger partial charge in [-0.3, -0.25) is 4.79 Å². The molecule has 0 aliphatic heterocycles. The fourth-order valence-electron chi connectivity index (χ4n) is 0.337. The van der Waals surface area contributed by atoms with Gasteiger partial charge in [0.2, 0.25) is 5.91 Å². The molecule has 0 heterocycles. The molecule has 0 radical (unpaired) electrons. The third kappa shape index (κ3) is 9.17. The number of likely N-dealkylation sites (N-methyl/N-ethyl adjacent to an activating group) is 1. The van der Waals surface area contributed by atoms with Crippen molar-refractivity contribution in [2.75, 3.05) is 13.6 Å². The molecule has 0 aromatic carbocycles. The van der Waals surface area contributed by atoms with Crippen LogP contribution < -0.4 is 11.1 Å². The van der Waals surface area contributed by atoms with Gasteiger partial charge in [-0.2, -0.15) is 0 Å². The lowest BCUT2D eigenvalue weighted by Crippen LogP contribution is -2.18. The quantitative estimate of drug-likeness (QED) is 0.580. The Labute approximate surface area is 68.7 Å². The maximum Gasteiger partial charge on any atom is 0.246 e. The van der Waals surface area contributed by atoms with Crippen LogP contribution in [0.5, 0.6) is 0 Å². The maximum absolute atomic E-state index is 10.5. The van der Waals surface area contributed by atoms with E-state index < -0.39 is 0 Å². The molecule has 0 aromatic rings. The zero-order valence-electron chi connectivity index (χ0n) is 7.61. The average Bonchev–Trinajstić information content (AvgIpc) is 2.03. The van der Waals surface area contributed by atoms with Gasteiger partial charge < -0.3 is 11.1 Å². The normalized spacial score (nSPS) is 7.64. The number of nitrogens with one attached hydrogen (secondary N) is 1. The van der Waals surface area contributed by atoms with Crippen LogP contribution in [0.4, 0.5) is 0 Å². The molecule has 1 amide bonds. The van der Waals surface area contributed by atoms with Gasteiger partial charge in [0.25, 0.3) is 0 Å². The van der Waals surface area contributed by atoms with Crippen LogP contribution in [0.1, 0.15) is 20.3 Å². The van der Waals surface area contributed by atoms with E-state index in [1.54, 1.807) is 7.05 Å². The van der Waals surface area contributed by atoms with E-state index >= 15 is 0 Å². The molecule has 66 valence electrons. The third-order valence-electron chi connectivity index (χ3n) is 0.975. The Hall–Kier alpha value is -0.830. The van der Waals surface area contributed by atoms with Crippen LogP contribution in [-0.2, 0) is 4.79 Å². The van der Waals surface area contributed by atoms with Crippen molar-refractivity contribution in [1.82, 2.24) is 5.32 Å². The van der Waals surface area contributed by atoms with Crippen molar-refractivity contribution in [1.29, 1.82) is 0 Å². The van der Waals surface area contributed by atoms with E-state index in [2.05, 4.69) is 11.9 Å². The summed E-state index contributed by atoms with van der Waals surface area (Å²) in [5.74, 6) is -0.0625. The molecule has 0 spiro atoms. The average molecular weight is 158 g/mol. The van der Waals surface area contributed by atoms with Crippen molar-refractivity contribution < 1.29 is 4.79 Å². The molecule has 0 saturated heterocycles. The molecule has 0 aromatic heterocycles. The first-order chi connectivity index (χ1) is 5.13. The van der Waals surface area contributed by atoms with Crippen molar-refractivity contribution in [2.45, 2.75) is 20.3 Å². The monoisotopic (exact) mass is 158 g/mol. The standard InChI is InChI=1S/C6H11NO.C2H7N/c1-4-5(2)6(8)7-3;1-2-3/h2,4H2,1,3H3,(H,7,8);2-3H2,1H3. The minimum Gasteiger partial charge on any atom is -0.355 e. The van der Waals surface area contributed by atoms with Gasteiger partial charge in [0.05, 0.1) is 0 Å². The van der Waals surface area contributed by atoms with Crippen molar-refractivity contribution in [3.63, 3.8) is 0 Å². The summed E-state index contributed by atoms with van der Waals surface area (Å²) in [6.07, 6.45) is 0.722. The summed E-state index contributed by atoms with van der Waals surface area (Å²) >= 11 is 0. The molecule has 3 heteroatoms. The molecular formula is C8H18N2O. The SMILES string of the molecule is C=C(CC)C(=O)NC.CCN. The van der Waals surface area contributed by atoms with Crippen molar-refractivity contribution >= 4 is 5.91 Å². The van der Waals surface area contributed by atoms with Gasteiger partial charge >= 0.3 is 0 Å². The minimum absolute atomic E-state index is 0.0625. The smallest absolute Gasteiger partial charge is 0.246 e. The number of carbonyl (C=O) groups is 1. The Morgan fingerprint density at radius 1 is 1.55 bits per heavy atom. The summed E-state index contributed by atoms with van der Waals surface area (Å²) in [6, 6.07) is 0. The van der Waals surface area contributed by atoms with E-state index in [0.717, 1.165) is 13.0 Å². The molecule has 0 fully saturated rings. The van der Waals surface area contributed by atoms with E-state index in [1.807, 2.05) is 13.8 Å². The summed E-state index contributed by atoms with van der Waals surface area (Å²) in [6.45, 7) is 8.09. The number of hydrogen-bond acceptors (Lipinski definition) is 2. The van der Waals surface area contributed by atoms with Gasteiger partial charge in [0.15, 0.2) is 0 Å². The van der Waals surface area contributed by atoms with E-state index in [9.17, 15) is 4.79 Å². The largest absolute Gasteiger partial charge is 0.355 e. The second-order valence-electron chi connectivity index (χ2n) is 1.94. The molecule has 0 aliphatic carbocycles. The van der Waals surface area contributed by atoms with Crippen LogP contribution in [0.25, 0.3) is 0 Å². The van der Waals surface area contributed by atoms with Crippen molar-refractivity contribution in [3.8, 4) is 0 Å². The zero-order valence-corrected chi connectivity index (χ0v) is 7.61. The lowest BCUT2D eigenvalue weighted by Gasteiger charge is -1.96. The molecule has 0 unspecified atom stereocenters. The zero-order chi connectivity index (χ0) is 9.28. The van der Waals surface area contributed by atoms with E-state index in [0.29, 0.717) is 5.57 Å². The Kier molecular flexibility index (Phi) is 10.7. The maximum atomic E-state index is 10.5. The van der Waals surface area contributed by atoms with Gasteiger partial charge in [0.1, 0.15) is 0 Å². The molecule has 3 nitrogen and oxygen atoms in total. The van der Waals surface area contributed by atoms with Crippen LogP contribution in [0.15, 0.2) is 12.2 Å². The molecule has 0 aliphatic rings. The fraction of sp³-hybridized carbons (Fsp3) is 0.625. The van der Waals surface area contributed by atoms with Crippen LogP contribution in [0.3, 0.4) is 0 Å².